The van der Waals surface area contributed by atoms with E-state index in [4.69, 9.17) is 0 Å². The van der Waals surface area contributed by atoms with Gasteiger partial charge in [-0.3, -0.25) is 9.59 Å². The maximum atomic E-state index is 12.9. The fourth-order valence-electron chi connectivity index (χ4n) is 2.75. The Hall–Kier alpha value is -3.07. The number of nitrogens with zero attached hydrogens (tertiary/aromatic N) is 2. The first-order valence-electron chi connectivity index (χ1n) is 9.37. The van der Waals surface area contributed by atoms with Crippen LogP contribution >= 0.6 is 11.8 Å². The molecule has 3 rings (SSSR count). The van der Waals surface area contributed by atoms with Crippen molar-refractivity contribution in [2.45, 2.75) is 37.2 Å². The van der Waals surface area contributed by atoms with Gasteiger partial charge >= 0.3 is 6.18 Å². The van der Waals surface area contributed by atoms with E-state index in [2.05, 4.69) is 10.4 Å². The number of alkyl halides is 3. The van der Waals surface area contributed by atoms with Gasteiger partial charge in [0, 0.05) is 11.8 Å². The molecule has 2 aromatic carbocycles. The third kappa shape index (κ3) is 5.55. The highest BCUT2D eigenvalue weighted by molar-refractivity contribution is 8.00. The number of rotatable bonds is 5. The molecule has 0 unspecified atom stereocenters. The zero-order valence-corrected chi connectivity index (χ0v) is 17.8. The number of carbonyl (C=O) groups excluding carboxylic acids is 1. The minimum Gasteiger partial charge on any atom is -0.325 e. The van der Waals surface area contributed by atoms with Crippen molar-refractivity contribution in [1.82, 2.24) is 9.78 Å². The lowest BCUT2D eigenvalue weighted by Gasteiger charge is -2.14. The van der Waals surface area contributed by atoms with Gasteiger partial charge in [-0.1, -0.05) is 23.9 Å². The Kier molecular flexibility index (Phi) is 6.54. The number of halogens is 3. The number of hydrogen-bond donors (Lipinski definition) is 1. The van der Waals surface area contributed by atoms with Gasteiger partial charge in [-0.25, -0.2) is 0 Å². The average molecular weight is 447 g/mol. The second kappa shape index (κ2) is 8.97. The van der Waals surface area contributed by atoms with E-state index in [0.29, 0.717) is 10.7 Å². The van der Waals surface area contributed by atoms with Gasteiger partial charge in [0.2, 0.25) is 5.91 Å². The SMILES string of the molecule is Cc1ccc(-n2nc(S[C@@H](C)C(=O)Nc3cccc(C(F)(F)F)c3)ccc2=O)cc1C. The molecule has 1 atom stereocenters. The van der Waals surface area contributed by atoms with Crippen LogP contribution in [0.15, 0.2) is 64.4 Å². The van der Waals surface area contributed by atoms with Gasteiger partial charge in [0.25, 0.3) is 5.56 Å². The molecule has 0 saturated carbocycles. The molecule has 0 fully saturated rings. The molecule has 5 nitrogen and oxygen atoms in total. The first-order chi connectivity index (χ1) is 14.5. The summed E-state index contributed by atoms with van der Waals surface area (Å²) in [5, 5.41) is 6.59. The molecule has 1 heterocycles. The monoisotopic (exact) mass is 447 g/mol. The van der Waals surface area contributed by atoms with E-state index in [1.165, 1.54) is 28.9 Å². The van der Waals surface area contributed by atoms with E-state index < -0.39 is 22.9 Å². The maximum Gasteiger partial charge on any atom is 0.416 e. The Labute approximate surface area is 181 Å². The van der Waals surface area contributed by atoms with Crippen LogP contribution in [0.3, 0.4) is 0 Å². The summed E-state index contributed by atoms with van der Waals surface area (Å²) in [7, 11) is 0. The maximum absolute atomic E-state index is 12.9. The summed E-state index contributed by atoms with van der Waals surface area (Å²) in [6.07, 6.45) is -4.49. The summed E-state index contributed by atoms with van der Waals surface area (Å²) in [5.41, 5.74) is 1.61. The molecule has 1 amide bonds. The van der Waals surface area contributed by atoms with Crippen molar-refractivity contribution in [3.8, 4) is 5.69 Å². The molecule has 31 heavy (non-hydrogen) atoms. The van der Waals surface area contributed by atoms with E-state index >= 15 is 0 Å². The Morgan fingerprint density at radius 1 is 1.06 bits per heavy atom. The normalized spacial score (nSPS) is 12.5. The van der Waals surface area contributed by atoms with Crippen LogP contribution in [-0.4, -0.2) is 20.9 Å². The standard InChI is InChI=1S/C22H20F3N3O2S/c1-13-7-8-18(11-14(13)2)28-20(29)10-9-19(27-28)31-15(3)21(30)26-17-6-4-5-16(12-17)22(23,24)25/h4-12,15H,1-3H3,(H,26,30)/t15-/m0/s1. The first-order valence-corrected chi connectivity index (χ1v) is 10.3. The molecule has 1 aromatic heterocycles. The fourth-order valence-corrected chi connectivity index (χ4v) is 3.55. The van der Waals surface area contributed by atoms with Crippen LogP contribution in [0.1, 0.15) is 23.6 Å². The van der Waals surface area contributed by atoms with Crippen LogP contribution in [-0.2, 0) is 11.0 Å². The van der Waals surface area contributed by atoms with E-state index in [1.807, 2.05) is 26.0 Å². The highest BCUT2D eigenvalue weighted by atomic mass is 32.2. The van der Waals surface area contributed by atoms with Crippen LogP contribution in [0.5, 0.6) is 0 Å². The summed E-state index contributed by atoms with van der Waals surface area (Å²) < 4.78 is 39.8. The van der Waals surface area contributed by atoms with E-state index in [9.17, 15) is 22.8 Å². The van der Waals surface area contributed by atoms with Crippen molar-refractivity contribution in [3.63, 3.8) is 0 Å². The molecule has 0 aliphatic rings. The molecule has 9 heteroatoms. The first kappa shape index (κ1) is 22.6. The van der Waals surface area contributed by atoms with E-state index in [0.717, 1.165) is 35.0 Å². The molecule has 0 aliphatic carbocycles. The molecule has 162 valence electrons. The minimum atomic E-state index is -4.49. The van der Waals surface area contributed by atoms with Crippen molar-refractivity contribution < 1.29 is 18.0 Å². The van der Waals surface area contributed by atoms with Gasteiger partial charge in [-0.2, -0.15) is 23.0 Å². The van der Waals surface area contributed by atoms with Crippen molar-refractivity contribution in [3.05, 3.63) is 81.6 Å². The number of amides is 1. The number of hydrogen-bond acceptors (Lipinski definition) is 4. The Morgan fingerprint density at radius 2 is 1.81 bits per heavy atom. The van der Waals surface area contributed by atoms with Gasteiger partial charge < -0.3 is 5.32 Å². The molecule has 3 aromatic rings. The van der Waals surface area contributed by atoms with Gasteiger partial charge in [0.15, 0.2) is 0 Å². The van der Waals surface area contributed by atoms with Crippen LogP contribution in [0.25, 0.3) is 5.69 Å². The zero-order valence-electron chi connectivity index (χ0n) is 17.0. The Balaban J connectivity index is 1.76. The number of aryl methyl sites for hydroxylation is 2. The van der Waals surface area contributed by atoms with Crippen molar-refractivity contribution in [2.24, 2.45) is 0 Å². The lowest BCUT2D eigenvalue weighted by molar-refractivity contribution is -0.137. The van der Waals surface area contributed by atoms with Crippen molar-refractivity contribution >= 4 is 23.4 Å². The summed E-state index contributed by atoms with van der Waals surface area (Å²) in [6, 6.07) is 12.8. The van der Waals surface area contributed by atoms with Gasteiger partial charge in [-0.15, -0.1) is 0 Å². The molecular formula is C22H20F3N3O2S. The molecule has 0 aliphatic heterocycles. The van der Waals surface area contributed by atoms with Gasteiger partial charge in [0.05, 0.1) is 16.5 Å². The topological polar surface area (TPSA) is 64.0 Å². The fraction of sp³-hybridized carbons (Fsp3) is 0.227. The van der Waals surface area contributed by atoms with Crippen LogP contribution in [0.2, 0.25) is 0 Å². The molecule has 0 radical (unpaired) electrons. The molecule has 0 bridgehead atoms. The number of carbonyl (C=O) groups is 1. The Bertz CT molecular complexity index is 1180. The predicted molar refractivity (Wildman–Crippen MR) is 115 cm³/mol. The summed E-state index contributed by atoms with van der Waals surface area (Å²) in [6.45, 7) is 5.51. The number of thioether (sulfide) groups is 1. The third-order valence-corrected chi connectivity index (χ3v) is 5.66. The lowest BCUT2D eigenvalue weighted by Crippen LogP contribution is -2.24. The quantitative estimate of drug-likeness (QED) is 0.560. The molecule has 0 saturated heterocycles. The predicted octanol–water partition coefficient (Wildman–Crippen LogP) is 4.99. The van der Waals surface area contributed by atoms with Crippen LogP contribution in [0, 0.1) is 13.8 Å². The highest BCUT2D eigenvalue weighted by Crippen LogP contribution is 2.31. The molecule has 0 spiro atoms. The average Bonchev–Trinajstić information content (AvgIpc) is 2.71. The lowest BCUT2D eigenvalue weighted by atomic mass is 10.1. The van der Waals surface area contributed by atoms with Crippen LogP contribution < -0.4 is 10.9 Å². The van der Waals surface area contributed by atoms with Crippen molar-refractivity contribution in [1.29, 1.82) is 0 Å². The molecule has 1 N–H and O–H groups in total. The smallest absolute Gasteiger partial charge is 0.325 e. The van der Waals surface area contributed by atoms with Crippen molar-refractivity contribution in [2.75, 3.05) is 5.32 Å². The van der Waals surface area contributed by atoms with Crippen LogP contribution in [0.4, 0.5) is 18.9 Å². The number of benzene rings is 2. The zero-order chi connectivity index (χ0) is 22.8. The summed E-state index contributed by atoms with van der Waals surface area (Å²) in [5.74, 6) is -0.477. The number of aromatic nitrogens is 2. The van der Waals surface area contributed by atoms with E-state index in [-0.39, 0.29) is 11.2 Å². The largest absolute Gasteiger partial charge is 0.416 e. The third-order valence-electron chi connectivity index (χ3n) is 4.64. The second-order valence-electron chi connectivity index (χ2n) is 7.02. The number of anilines is 1. The summed E-state index contributed by atoms with van der Waals surface area (Å²) in [4.78, 5) is 24.7. The molecular weight excluding hydrogens is 427 g/mol. The van der Waals surface area contributed by atoms with Gasteiger partial charge in [0.1, 0.15) is 5.03 Å². The number of nitrogens with one attached hydrogen (secondary N) is 1. The minimum absolute atomic E-state index is 0.0559. The van der Waals surface area contributed by atoms with Gasteiger partial charge in [-0.05, 0) is 68.3 Å². The summed E-state index contributed by atoms with van der Waals surface area (Å²) >= 11 is 1.10. The Morgan fingerprint density at radius 3 is 2.48 bits per heavy atom. The second-order valence-corrected chi connectivity index (χ2v) is 8.38. The van der Waals surface area contributed by atoms with E-state index in [1.54, 1.807) is 13.0 Å². The highest BCUT2D eigenvalue weighted by Gasteiger charge is 2.30.